The van der Waals surface area contributed by atoms with Crippen LogP contribution in [0.5, 0.6) is 0 Å². The Hall–Kier alpha value is -0.350. The van der Waals surface area contributed by atoms with Gasteiger partial charge in [-0.3, -0.25) is 0 Å². The summed E-state index contributed by atoms with van der Waals surface area (Å²) in [7, 11) is 0. The van der Waals surface area contributed by atoms with Crippen LogP contribution in [0.2, 0.25) is 0 Å². The van der Waals surface area contributed by atoms with Crippen molar-refractivity contribution in [2.24, 2.45) is 5.73 Å². The van der Waals surface area contributed by atoms with Gasteiger partial charge in [0.2, 0.25) is 0 Å². The molecule has 0 fully saturated rings. The van der Waals surface area contributed by atoms with E-state index in [0.29, 0.717) is 11.3 Å². The van der Waals surface area contributed by atoms with E-state index in [-0.39, 0.29) is 0 Å². The SMILES string of the molecule is NCCc1cnc(Br)o1. The number of nitrogens with two attached hydrogens (primary N) is 1. The third-order valence-electron chi connectivity index (χ3n) is 0.916. The minimum atomic E-state index is 0.519. The Balaban J connectivity index is 2.61. The summed E-state index contributed by atoms with van der Waals surface area (Å²) < 4.78 is 5.05. The summed E-state index contributed by atoms with van der Waals surface area (Å²) in [5, 5.41) is 0. The monoisotopic (exact) mass is 190 g/mol. The first-order valence-corrected chi connectivity index (χ1v) is 3.42. The van der Waals surface area contributed by atoms with Gasteiger partial charge >= 0.3 is 0 Å². The van der Waals surface area contributed by atoms with E-state index in [0.717, 1.165) is 12.2 Å². The van der Waals surface area contributed by atoms with Gasteiger partial charge < -0.3 is 10.2 Å². The highest BCUT2D eigenvalue weighted by molar-refractivity contribution is 9.10. The molecule has 0 spiro atoms. The second-order valence-corrected chi connectivity index (χ2v) is 2.30. The molecule has 0 radical (unpaired) electrons. The Bertz CT molecular complexity index is 187. The third-order valence-corrected chi connectivity index (χ3v) is 1.28. The lowest BCUT2D eigenvalue weighted by atomic mass is 10.4. The molecular weight excluding hydrogens is 184 g/mol. The molecule has 4 heteroatoms. The lowest BCUT2D eigenvalue weighted by Gasteiger charge is -1.85. The molecule has 1 heterocycles. The molecular formula is C5H7BrN2O. The van der Waals surface area contributed by atoms with Crippen molar-refractivity contribution >= 4 is 15.9 Å². The van der Waals surface area contributed by atoms with Gasteiger partial charge in [-0.25, -0.2) is 4.98 Å². The number of hydrogen-bond acceptors (Lipinski definition) is 3. The fourth-order valence-corrected chi connectivity index (χ4v) is 0.852. The summed E-state index contributed by atoms with van der Waals surface area (Å²) in [6, 6.07) is 0. The molecule has 1 aromatic rings. The largest absolute Gasteiger partial charge is 0.436 e. The molecule has 1 aromatic heterocycles. The minimum absolute atomic E-state index is 0.519. The predicted octanol–water partition coefficient (Wildman–Crippen LogP) is 0.938. The van der Waals surface area contributed by atoms with Crippen molar-refractivity contribution in [1.82, 2.24) is 4.98 Å². The van der Waals surface area contributed by atoms with E-state index in [1.165, 1.54) is 0 Å². The highest BCUT2D eigenvalue weighted by Crippen LogP contribution is 2.09. The van der Waals surface area contributed by atoms with Gasteiger partial charge in [0.25, 0.3) is 4.80 Å². The third kappa shape index (κ3) is 1.80. The molecule has 0 aromatic carbocycles. The molecule has 9 heavy (non-hydrogen) atoms. The second-order valence-electron chi connectivity index (χ2n) is 1.62. The van der Waals surface area contributed by atoms with Crippen LogP contribution in [0.1, 0.15) is 5.76 Å². The number of aromatic nitrogens is 1. The lowest BCUT2D eigenvalue weighted by molar-refractivity contribution is 0.481. The topological polar surface area (TPSA) is 52.0 Å². The van der Waals surface area contributed by atoms with Crippen molar-refractivity contribution in [2.45, 2.75) is 6.42 Å². The zero-order valence-corrected chi connectivity index (χ0v) is 6.39. The van der Waals surface area contributed by atoms with Gasteiger partial charge in [0.05, 0.1) is 6.20 Å². The van der Waals surface area contributed by atoms with E-state index in [2.05, 4.69) is 20.9 Å². The maximum absolute atomic E-state index is 5.27. The molecule has 0 saturated heterocycles. The summed E-state index contributed by atoms with van der Waals surface area (Å²) in [6.45, 7) is 0.599. The Morgan fingerprint density at radius 2 is 2.56 bits per heavy atom. The second kappa shape index (κ2) is 2.98. The van der Waals surface area contributed by atoms with Crippen LogP contribution in [0.3, 0.4) is 0 Å². The summed E-state index contributed by atoms with van der Waals surface area (Å²) in [5.74, 6) is 0.823. The van der Waals surface area contributed by atoms with Crippen LogP contribution < -0.4 is 5.73 Å². The first-order chi connectivity index (χ1) is 4.33. The minimum Gasteiger partial charge on any atom is -0.436 e. The van der Waals surface area contributed by atoms with Crippen LogP contribution in [0.15, 0.2) is 15.4 Å². The van der Waals surface area contributed by atoms with Gasteiger partial charge in [0.15, 0.2) is 0 Å². The van der Waals surface area contributed by atoms with Crippen molar-refractivity contribution < 1.29 is 4.42 Å². The number of oxazole rings is 1. The van der Waals surface area contributed by atoms with Crippen LogP contribution in [0.4, 0.5) is 0 Å². The van der Waals surface area contributed by atoms with Crippen molar-refractivity contribution in [1.29, 1.82) is 0 Å². The van der Waals surface area contributed by atoms with E-state index in [1.807, 2.05) is 0 Å². The molecule has 0 aliphatic rings. The molecule has 0 saturated carbocycles. The smallest absolute Gasteiger partial charge is 0.264 e. The van der Waals surface area contributed by atoms with Crippen molar-refractivity contribution in [2.75, 3.05) is 6.54 Å². The Morgan fingerprint density at radius 3 is 3.00 bits per heavy atom. The van der Waals surface area contributed by atoms with Crippen LogP contribution in [-0.4, -0.2) is 11.5 Å². The van der Waals surface area contributed by atoms with Gasteiger partial charge in [-0.05, 0) is 6.54 Å². The molecule has 2 N–H and O–H groups in total. The van der Waals surface area contributed by atoms with Crippen LogP contribution in [0.25, 0.3) is 0 Å². The molecule has 0 bridgehead atoms. The summed E-state index contributed by atoms with van der Waals surface area (Å²) >= 11 is 3.08. The predicted molar refractivity (Wildman–Crippen MR) is 37.0 cm³/mol. The summed E-state index contributed by atoms with van der Waals surface area (Å²) in [5.41, 5.74) is 5.27. The maximum Gasteiger partial charge on any atom is 0.264 e. The molecule has 0 unspecified atom stereocenters. The summed E-state index contributed by atoms with van der Waals surface area (Å²) in [4.78, 5) is 4.35. The quantitative estimate of drug-likeness (QED) is 0.756. The highest BCUT2D eigenvalue weighted by Gasteiger charge is 1.96. The normalized spacial score (nSPS) is 10.0. The van der Waals surface area contributed by atoms with Crippen molar-refractivity contribution in [3.05, 3.63) is 16.8 Å². The zero-order chi connectivity index (χ0) is 6.69. The van der Waals surface area contributed by atoms with Crippen molar-refractivity contribution in [3.63, 3.8) is 0 Å². The standard InChI is InChI=1S/C5H7BrN2O/c6-5-8-3-4(9-5)1-2-7/h3H,1-2,7H2. The molecule has 1 rings (SSSR count). The van der Waals surface area contributed by atoms with Gasteiger partial charge in [-0.1, -0.05) is 0 Å². The van der Waals surface area contributed by atoms with Crippen molar-refractivity contribution in [3.8, 4) is 0 Å². The van der Waals surface area contributed by atoms with E-state index in [9.17, 15) is 0 Å². The fourth-order valence-electron chi connectivity index (χ4n) is 0.541. The number of nitrogens with zero attached hydrogens (tertiary/aromatic N) is 1. The molecule has 3 nitrogen and oxygen atoms in total. The lowest BCUT2D eigenvalue weighted by Crippen LogP contribution is -2.01. The van der Waals surface area contributed by atoms with E-state index >= 15 is 0 Å². The van der Waals surface area contributed by atoms with E-state index in [1.54, 1.807) is 6.20 Å². The number of halogens is 1. The molecule has 0 amide bonds. The molecule has 0 atom stereocenters. The Kier molecular flexibility index (Phi) is 2.24. The van der Waals surface area contributed by atoms with Gasteiger partial charge in [-0.2, -0.15) is 0 Å². The van der Waals surface area contributed by atoms with Crippen LogP contribution in [0, 0.1) is 0 Å². The fraction of sp³-hybridized carbons (Fsp3) is 0.400. The van der Waals surface area contributed by atoms with E-state index < -0.39 is 0 Å². The van der Waals surface area contributed by atoms with Gasteiger partial charge in [-0.15, -0.1) is 0 Å². The number of rotatable bonds is 2. The average molecular weight is 191 g/mol. The average Bonchev–Trinajstić information content (AvgIpc) is 2.17. The summed E-state index contributed by atoms with van der Waals surface area (Å²) in [6.07, 6.45) is 2.41. The maximum atomic E-state index is 5.27. The van der Waals surface area contributed by atoms with Gasteiger partial charge in [0.1, 0.15) is 5.76 Å². The molecule has 0 aliphatic heterocycles. The first-order valence-electron chi connectivity index (χ1n) is 2.63. The Labute approximate surface area is 61.4 Å². The zero-order valence-electron chi connectivity index (χ0n) is 4.80. The van der Waals surface area contributed by atoms with Crippen LogP contribution in [-0.2, 0) is 6.42 Å². The number of hydrogen-bond donors (Lipinski definition) is 1. The first kappa shape index (κ1) is 6.77. The van der Waals surface area contributed by atoms with E-state index in [4.69, 9.17) is 10.2 Å². The molecule has 0 aliphatic carbocycles. The Morgan fingerprint density at radius 1 is 1.78 bits per heavy atom. The molecule has 50 valence electrons. The van der Waals surface area contributed by atoms with Gasteiger partial charge in [0, 0.05) is 22.4 Å². The highest BCUT2D eigenvalue weighted by atomic mass is 79.9. The van der Waals surface area contributed by atoms with Crippen LogP contribution >= 0.6 is 15.9 Å².